The number of nitrogens with zero attached hydrogens (tertiary/aromatic N) is 2. The zero-order valence-corrected chi connectivity index (χ0v) is 16.9. The lowest BCUT2D eigenvalue weighted by Gasteiger charge is -2.45. The first-order chi connectivity index (χ1) is 11.9. The molecule has 4 nitrogen and oxygen atoms in total. The summed E-state index contributed by atoms with van der Waals surface area (Å²) in [5, 5.41) is 4.54. The van der Waals surface area contributed by atoms with Crippen LogP contribution in [0.4, 0.5) is 0 Å². The van der Waals surface area contributed by atoms with Gasteiger partial charge in [0.2, 0.25) is 0 Å². The molecule has 0 spiro atoms. The van der Waals surface area contributed by atoms with E-state index in [0.717, 1.165) is 44.3 Å². The van der Waals surface area contributed by atoms with Crippen molar-refractivity contribution in [1.82, 2.24) is 15.1 Å². The van der Waals surface area contributed by atoms with E-state index in [1.165, 1.54) is 0 Å². The van der Waals surface area contributed by atoms with Crippen molar-refractivity contribution in [2.75, 3.05) is 34.2 Å². The number of rotatable bonds is 6. The van der Waals surface area contributed by atoms with Gasteiger partial charge in [-0.05, 0) is 64.6 Å². The number of carbonyl (C=O) groups is 1. The molecule has 138 valence electrons. The Labute approximate surface area is 161 Å². The number of carbonyl (C=O) groups excluding carboxylic acids is 1. The number of ketones is 1. The van der Waals surface area contributed by atoms with E-state index in [1.807, 2.05) is 36.2 Å². The van der Waals surface area contributed by atoms with Crippen LogP contribution in [0.1, 0.15) is 37.7 Å². The van der Waals surface area contributed by atoms with Gasteiger partial charge >= 0.3 is 0 Å². The van der Waals surface area contributed by atoms with Crippen molar-refractivity contribution in [1.29, 1.82) is 0 Å². The molecule has 1 fully saturated rings. The van der Waals surface area contributed by atoms with Gasteiger partial charge in [-0.25, -0.2) is 0 Å². The van der Waals surface area contributed by atoms with Crippen molar-refractivity contribution in [2.24, 2.45) is 0 Å². The first kappa shape index (κ1) is 20.1. The van der Waals surface area contributed by atoms with Gasteiger partial charge < -0.3 is 15.1 Å². The van der Waals surface area contributed by atoms with Gasteiger partial charge in [-0.3, -0.25) is 4.79 Å². The summed E-state index contributed by atoms with van der Waals surface area (Å²) in [5.41, 5.74) is 0.101. The molecule has 0 aliphatic heterocycles. The Bertz CT molecular complexity index is 622. The normalized spacial score (nSPS) is 20.6. The van der Waals surface area contributed by atoms with E-state index in [0.29, 0.717) is 16.6 Å². The minimum atomic E-state index is -0.762. The summed E-state index contributed by atoms with van der Waals surface area (Å²) in [7, 11) is 6.02. The smallest absolute Gasteiger partial charge is 0.169 e. The largest absolute Gasteiger partial charge is 0.362 e. The third kappa shape index (κ3) is 4.52. The summed E-state index contributed by atoms with van der Waals surface area (Å²) in [6, 6.07) is 7.63. The zero-order chi connectivity index (χ0) is 18.4. The molecule has 1 aliphatic rings. The van der Waals surface area contributed by atoms with Crippen molar-refractivity contribution in [3.05, 3.63) is 34.9 Å². The Morgan fingerprint density at radius 1 is 1.28 bits per heavy atom. The second-order valence-corrected chi connectivity index (χ2v) is 7.71. The van der Waals surface area contributed by atoms with Crippen LogP contribution in [0.5, 0.6) is 0 Å². The molecule has 0 saturated heterocycles. The zero-order valence-electron chi connectivity index (χ0n) is 15.3. The second kappa shape index (κ2) is 8.97. The van der Waals surface area contributed by atoms with Crippen LogP contribution in [0.15, 0.2) is 24.3 Å². The number of halogens is 1. The second-order valence-electron chi connectivity index (χ2n) is 6.92. The summed E-state index contributed by atoms with van der Waals surface area (Å²) in [6.07, 6.45) is 4.23. The number of hydrogen-bond acceptors (Lipinski definition) is 3. The minimum absolute atomic E-state index is 0.201. The van der Waals surface area contributed by atoms with Crippen molar-refractivity contribution >= 4 is 34.7 Å². The Morgan fingerprint density at radius 3 is 2.64 bits per heavy atom. The highest BCUT2D eigenvalue weighted by atomic mass is 35.5. The summed E-state index contributed by atoms with van der Waals surface area (Å²) in [5.74, 6) is 0.201. The van der Waals surface area contributed by atoms with E-state index >= 15 is 0 Å². The highest BCUT2D eigenvalue weighted by Crippen LogP contribution is 2.42. The predicted molar refractivity (Wildman–Crippen MR) is 108 cm³/mol. The average molecular weight is 382 g/mol. The molecule has 1 aromatic rings. The molecule has 1 N–H and O–H groups in total. The van der Waals surface area contributed by atoms with Crippen LogP contribution in [0.3, 0.4) is 0 Å². The molecule has 0 amide bonds. The van der Waals surface area contributed by atoms with Crippen LogP contribution in [0, 0.1) is 0 Å². The SMILES string of the molecule is CN(C)CCCNC(=S)N(C)[C@]1(c2ccccc2Cl)CCCCC1=O. The van der Waals surface area contributed by atoms with E-state index in [2.05, 4.69) is 24.3 Å². The molecule has 1 atom stereocenters. The van der Waals surface area contributed by atoms with Crippen LogP contribution >= 0.6 is 23.8 Å². The number of hydrogen-bond donors (Lipinski definition) is 1. The number of thiocarbonyl (C=S) groups is 1. The highest BCUT2D eigenvalue weighted by Gasteiger charge is 2.46. The maximum Gasteiger partial charge on any atom is 0.169 e. The molecule has 0 bridgehead atoms. The van der Waals surface area contributed by atoms with E-state index in [-0.39, 0.29) is 5.78 Å². The topological polar surface area (TPSA) is 35.6 Å². The van der Waals surface area contributed by atoms with Gasteiger partial charge in [0.15, 0.2) is 10.9 Å². The number of benzene rings is 1. The lowest BCUT2D eigenvalue weighted by molar-refractivity contribution is -0.131. The first-order valence-electron chi connectivity index (χ1n) is 8.84. The number of Topliss-reactive ketones (excluding diaryl/α,β-unsaturated/α-hetero) is 1. The monoisotopic (exact) mass is 381 g/mol. The molecule has 0 aromatic heterocycles. The fourth-order valence-electron chi connectivity index (χ4n) is 3.51. The Kier molecular flexibility index (Phi) is 7.23. The van der Waals surface area contributed by atoms with Gasteiger partial charge in [0.05, 0.1) is 0 Å². The van der Waals surface area contributed by atoms with Crippen molar-refractivity contribution in [2.45, 2.75) is 37.6 Å². The van der Waals surface area contributed by atoms with Gasteiger partial charge in [0, 0.05) is 30.6 Å². The quantitative estimate of drug-likeness (QED) is 0.603. The highest BCUT2D eigenvalue weighted by molar-refractivity contribution is 7.80. The molecule has 1 aliphatic carbocycles. The van der Waals surface area contributed by atoms with Gasteiger partial charge in [-0.2, -0.15) is 0 Å². The standard InChI is InChI=1S/C19H28ClN3OS/c1-22(2)14-8-13-21-18(25)23(3)19(12-7-6-11-17(19)24)15-9-4-5-10-16(15)20/h4-5,9-10H,6-8,11-14H2,1-3H3,(H,21,25)/t19-/m0/s1. The fraction of sp³-hybridized carbons (Fsp3) is 0.579. The lowest BCUT2D eigenvalue weighted by atomic mass is 9.74. The average Bonchev–Trinajstić information content (AvgIpc) is 2.59. The van der Waals surface area contributed by atoms with E-state index in [4.69, 9.17) is 23.8 Å². The first-order valence-corrected chi connectivity index (χ1v) is 9.63. The molecular formula is C19H28ClN3OS. The van der Waals surface area contributed by atoms with Crippen LogP contribution in [-0.2, 0) is 10.3 Å². The van der Waals surface area contributed by atoms with E-state index < -0.39 is 5.54 Å². The molecule has 1 aromatic carbocycles. The summed E-state index contributed by atoms with van der Waals surface area (Å²) >= 11 is 12.1. The Balaban J connectivity index is 2.22. The molecule has 25 heavy (non-hydrogen) atoms. The maximum atomic E-state index is 13.0. The minimum Gasteiger partial charge on any atom is -0.362 e. The summed E-state index contributed by atoms with van der Waals surface area (Å²) < 4.78 is 0. The van der Waals surface area contributed by atoms with Crippen molar-refractivity contribution in [3.8, 4) is 0 Å². The predicted octanol–water partition coefficient (Wildman–Crippen LogP) is 3.44. The van der Waals surface area contributed by atoms with Gasteiger partial charge in [0.25, 0.3) is 0 Å². The van der Waals surface area contributed by atoms with Crippen LogP contribution in [-0.4, -0.2) is 54.9 Å². The summed E-state index contributed by atoms with van der Waals surface area (Å²) in [4.78, 5) is 17.1. The van der Waals surface area contributed by atoms with Crippen molar-refractivity contribution < 1.29 is 4.79 Å². The maximum absolute atomic E-state index is 13.0. The molecular weight excluding hydrogens is 354 g/mol. The third-order valence-electron chi connectivity index (χ3n) is 4.91. The van der Waals surface area contributed by atoms with Gasteiger partial charge in [0.1, 0.15) is 5.54 Å². The van der Waals surface area contributed by atoms with Gasteiger partial charge in [-0.15, -0.1) is 0 Å². The molecule has 0 heterocycles. The molecule has 0 radical (unpaired) electrons. The molecule has 6 heteroatoms. The van der Waals surface area contributed by atoms with Crippen LogP contribution in [0.25, 0.3) is 0 Å². The number of nitrogens with one attached hydrogen (secondary N) is 1. The lowest BCUT2D eigenvalue weighted by Crippen LogP contribution is -2.56. The van der Waals surface area contributed by atoms with E-state index in [9.17, 15) is 4.79 Å². The fourth-order valence-corrected chi connectivity index (χ4v) is 4.06. The third-order valence-corrected chi connectivity index (χ3v) is 5.66. The molecule has 0 unspecified atom stereocenters. The van der Waals surface area contributed by atoms with Crippen LogP contribution in [0.2, 0.25) is 5.02 Å². The van der Waals surface area contributed by atoms with Crippen molar-refractivity contribution in [3.63, 3.8) is 0 Å². The van der Waals surface area contributed by atoms with E-state index in [1.54, 1.807) is 0 Å². The number of likely N-dealkylation sites (N-methyl/N-ethyl adjacent to an activating group) is 1. The Hall–Kier alpha value is -1.17. The van der Waals surface area contributed by atoms with Crippen LogP contribution < -0.4 is 5.32 Å². The Morgan fingerprint density at radius 2 is 2.00 bits per heavy atom. The molecule has 2 rings (SSSR count). The van der Waals surface area contributed by atoms with Gasteiger partial charge in [-0.1, -0.05) is 29.8 Å². The molecule has 1 saturated carbocycles. The summed E-state index contributed by atoms with van der Waals surface area (Å²) in [6.45, 7) is 1.78.